The molecule has 1 amide bonds. The van der Waals surface area contributed by atoms with E-state index in [-0.39, 0.29) is 16.7 Å². The Morgan fingerprint density at radius 1 is 1.03 bits per heavy atom. The minimum Gasteiger partial charge on any atom is -0.493 e. The molecule has 31 heavy (non-hydrogen) atoms. The molecule has 9 heteroatoms. The second kappa shape index (κ2) is 7.90. The Morgan fingerprint density at radius 3 is 2.61 bits per heavy atom. The van der Waals surface area contributed by atoms with Crippen LogP contribution in [0.15, 0.2) is 53.7 Å². The van der Waals surface area contributed by atoms with Crippen LogP contribution in [0.25, 0.3) is 11.0 Å². The number of aromatic nitrogens is 2. The summed E-state index contributed by atoms with van der Waals surface area (Å²) >= 11 is 0. The molecule has 2 aromatic carbocycles. The predicted molar refractivity (Wildman–Crippen MR) is 115 cm³/mol. The van der Waals surface area contributed by atoms with Gasteiger partial charge >= 0.3 is 0 Å². The summed E-state index contributed by atoms with van der Waals surface area (Å²) in [5.41, 5.74) is 3.06. The van der Waals surface area contributed by atoms with Crippen LogP contribution in [0.4, 0.5) is 5.69 Å². The van der Waals surface area contributed by atoms with Crippen LogP contribution in [0, 0.1) is 5.92 Å². The van der Waals surface area contributed by atoms with E-state index in [0.29, 0.717) is 43.7 Å². The summed E-state index contributed by atoms with van der Waals surface area (Å²) in [6.45, 7) is 1.22. The number of carbonyl (C=O) groups excluding carboxylic acids is 1. The molecule has 8 nitrogen and oxygen atoms in total. The van der Waals surface area contributed by atoms with Gasteiger partial charge in [0.25, 0.3) is 0 Å². The van der Waals surface area contributed by atoms with Gasteiger partial charge in [-0.3, -0.25) is 14.8 Å². The van der Waals surface area contributed by atoms with E-state index in [1.165, 1.54) is 4.31 Å². The van der Waals surface area contributed by atoms with E-state index in [9.17, 15) is 13.2 Å². The molecule has 0 unspecified atom stereocenters. The van der Waals surface area contributed by atoms with E-state index in [2.05, 4.69) is 15.3 Å². The van der Waals surface area contributed by atoms with Crippen molar-refractivity contribution in [2.45, 2.75) is 24.2 Å². The lowest BCUT2D eigenvalue weighted by molar-refractivity contribution is -0.120. The first-order valence-electron chi connectivity index (χ1n) is 10.3. The number of rotatable bonds is 4. The quantitative estimate of drug-likeness (QED) is 0.672. The lowest BCUT2D eigenvalue weighted by Crippen LogP contribution is -2.41. The molecule has 0 bridgehead atoms. The Bertz CT molecular complexity index is 1250. The van der Waals surface area contributed by atoms with E-state index >= 15 is 0 Å². The van der Waals surface area contributed by atoms with Gasteiger partial charge in [-0.05, 0) is 54.8 Å². The van der Waals surface area contributed by atoms with Crippen LogP contribution in [0.2, 0.25) is 0 Å². The molecule has 0 spiro atoms. The van der Waals surface area contributed by atoms with Gasteiger partial charge in [-0.25, -0.2) is 8.42 Å². The third-order valence-electron chi connectivity index (χ3n) is 5.86. The summed E-state index contributed by atoms with van der Waals surface area (Å²) in [5, 5.41) is 2.93. The summed E-state index contributed by atoms with van der Waals surface area (Å²) in [6.07, 6.45) is 4.91. The van der Waals surface area contributed by atoms with Crippen molar-refractivity contribution in [3.05, 3.63) is 54.4 Å². The van der Waals surface area contributed by atoms with Crippen molar-refractivity contribution in [3.63, 3.8) is 0 Å². The van der Waals surface area contributed by atoms with Crippen molar-refractivity contribution in [3.8, 4) is 5.75 Å². The monoisotopic (exact) mass is 438 g/mol. The number of piperidine rings is 1. The number of nitrogens with zero attached hydrogens (tertiary/aromatic N) is 3. The summed E-state index contributed by atoms with van der Waals surface area (Å²) in [7, 11) is -3.59. The fraction of sp³-hybridized carbons (Fsp3) is 0.318. The number of hydrogen-bond donors (Lipinski definition) is 1. The average molecular weight is 439 g/mol. The molecule has 1 saturated heterocycles. The zero-order chi connectivity index (χ0) is 21.4. The number of ether oxygens (including phenoxy) is 1. The number of hydrogen-bond acceptors (Lipinski definition) is 6. The fourth-order valence-electron chi connectivity index (χ4n) is 4.12. The Morgan fingerprint density at radius 2 is 1.81 bits per heavy atom. The van der Waals surface area contributed by atoms with Crippen LogP contribution in [0.5, 0.6) is 5.75 Å². The third-order valence-corrected chi connectivity index (χ3v) is 7.75. The van der Waals surface area contributed by atoms with Gasteiger partial charge in [0.1, 0.15) is 5.75 Å². The van der Waals surface area contributed by atoms with E-state index in [4.69, 9.17) is 4.74 Å². The Balaban J connectivity index is 1.23. The molecule has 1 aromatic heterocycles. The standard InChI is InChI=1S/C22H22N4O4S/c27-22(25-17-1-3-19-20(14-17)24-9-8-23-19)15-5-10-26(11-6-15)31(28,29)18-2-4-21-16(13-18)7-12-30-21/h1-4,8-9,13-15H,5-7,10-12H2,(H,25,27). The molecule has 0 radical (unpaired) electrons. The highest BCUT2D eigenvalue weighted by atomic mass is 32.2. The predicted octanol–water partition coefficient (Wildman–Crippen LogP) is 2.60. The van der Waals surface area contributed by atoms with E-state index in [0.717, 1.165) is 23.3 Å². The van der Waals surface area contributed by atoms with Crippen molar-refractivity contribution in [1.29, 1.82) is 0 Å². The summed E-state index contributed by atoms with van der Waals surface area (Å²) in [6, 6.07) is 10.4. The Kier molecular flexibility index (Phi) is 5.07. The lowest BCUT2D eigenvalue weighted by Gasteiger charge is -2.30. The van der Waals surface area contributed by atoms with Gasteiger partial charge in [-0.1, -0.05) is 0 Å². The van der Waals surface area contributed by atoms with Crippen LogP contribution in [0.1, 0.15) is 18.4 Å². The first-order valence-corrected chi connectivity index (χ1v) is 11.7. The molecule has 160 valence electrons. The fourth-order valence-corrected chi connectivity index (χ4v) is 5.64. The number of anilines is 1. The number of sulfonamides is 1. The minimum absolute atomic E-state index is 0.102. The third kappa shape index (κ3) is 3.86. The van der Waals surface area contributed by atoms with Crippen molar-refractivity contribution < 1.29 is 17.9 Å². The van der Waals surface area contributed by atoms with Crippen LogP contribution < -0.4 is 10.1 Å². The van der Waals surface area contributed by atoms with Gasteiger partial charge in [-0.15, -0.1) is 0 Å². The van der Waals surface area contributed by atoms with Gasteiger partial charge in [0.2, 0.25) is 15.9 Å². The highest BCUT2D eigenvalue weighted by molar-refractivity contribution is 7.89. The molecule has 1 fully saturated rings. The average Bonchev–Trinajstić information content (AvgIpc) is 3.27. The highest BCUT2D eigenvalue weighted by Gasteiger charge is 2.32. The number of fused-ring (bicyclic) bond motifs is 2. The first kappa shape index (κ1) is 19.9. The molecule has 0 aliphatic carbocycles. The van der Waals surface area contributed by atoms with Crippen LogP contribution in [-0.4, -0.2) is 48.3 Å². The number of carbonyl (C=O) groups is 1. The van der Waals surface area contributed by atoms with Gasteiger partial charge in [-0.2, -0.15) is 4.31 Å². The SMILES string of the molecule is O=C(Nc1ccc2nccnc2c1)C1CCN(S(=O)(=O)c2ccc3c(c2)CCO3)CC1. The summed E-state index contributed by atoms with van der Waals surface area (Å²) in [4.78, 5) is 21.5. The van der Waals surface area contributed by atoms with Crippen LogP contribution in [-0.2, 0) is 21.2 Å². The maximum Gasteiger partial charge on any atom is 0.243 e. The van der Waals surface area contributed by atoms with Gasteiger partial charge < -0.3 is 10.1 Å². The largest absolute Gasteiger partial charge is 0.493 e. The van der Waals surface area contributed by atoms with Crippen molar-refractivity contribution in [2.24, 2.45) is 5.92 Å². The number of nitrogens with one attached hydrogen (secondary N) is 1. The van der Waals surface area contributed by atoms with E-state index in [1.807, 2.05) is 6.07 Å². The molecule has 2 aliphatic rings. The van der Waals surface area contributed by atoms with Gasteiger partial charge in [0.15, 0.2) is 0 Å². The van der Waals surface area contributed by atoms with Crippen LogP contribution >= 0.6 is 0 Å². The molecular weight excluding hydrogens is 416 g/mol. The summed E-state index contributed by atoms with van der Waals surface area (Å²) < 4.78 is 33.0. The zero-order valence-corrected chi connectivity index (χ0v) is 17.6. The van der Waals surface area contributed by atoms with Crippen molar-refractivity contribution in [2.75, 3.05) is 25.0 Å². The van der Waals surface area contributed by atoms with Crippen LogP contribution in [0.3, 0.4) is 0 Å². The normalized spacial score (nSPS) is 17.3. The second-order valence-corrected chi connectivity index (χ2v) is 9.73. The number of amides is 1. The molecule has 0 atom stereocenters. The van der Waals surface area contributed by atoms with Crippen molar-refractivity contribution in [1.82, 2.24) is 14.3 Å². The molecular formula is C22H22N4O4S. The minimum atomic E-state index is -3.59. The maximum absolute atomic E-state index is 13.1. The zero-order valence-electron chi connectivity index (χ0n) is 16.8. The Hall–Kier alpha value is -3.04. The second-order valence-electron chi connectivity index (χ2n) is 7.80. The van der Waals surface area contributed by atoms with Gasteiger partial charge in [0, 0.05) is 43.5 Å². The molecule has 3 heterocycles. The molecule has 0 saturated carbocycles. The van der Waals surface area contributed by atoms with E-state index in [1.54, 1.807) is 42.7 Å². The number of benzene rings is 2. The first-order chi connectivity index (χ1) is 15.0. The maximum atomic E-state index is 13.1. The van der Waals surface area contributed by atoms with Gasteiger partial charge in [0.05, 0.1) is 22.5 Å². The van der Waals surface area contributed by atoms with E-state index < -0.39 is 10.0 Å². The summed E-state index contributed by atoms with van der Waals surface area (Å²) in [5.74, 6) is 0.418. The molecule has 5 rings (SSSR count). The molecule has 3 aromatic rings. The molecule has 2 aliphatic heterocycles. The lowest BCUT2D eigenvalue weighted by atomic mass is 9.97. The van der Waals surface area contributed by atoms with Crippen molar-refractivity contribution >= 4 is 32.7 Å². The smallest absolute Gasteiger partial charge is 0.243 e. The Labute approximate surface area is 180 Å². The molecule has 1 N–H and O–H groups in total. The topological polar surface area (TPSA) is 101 Å². The highest BCUT2D eigenvalue weighted by Crippen LogP contribution is 2.30.